The lowest BCUT2D eigenvalue weighted by molar-refractivity contribution is -0.387. The third kappa shape index (κ3) is 4.83. The molecule has 25 heavy (non-hydrogen) atoms. The molecule has 9 heteroatoms. The lowest BCUT2D eigenvalue weighted by Gasteiger charge is -2.40. The van der Waals surface area contributed by atoms with Gasteiger partial charge in [0.05, 0.1) is 18.1 Å². The Hall–Kier alpha value is -1.84. The number of nitro groups is 1. The molecule has 0 unspecified atom stereocenters. The molecule has 0 bridgehead atoms. The van der Waals surface area contributed by atoms with Gasteiger partial charge in [-0.05, 0) is 29.8 Å². The molecule has 1 rings (SSSR count). The summed E-state index contributed by atoms with van der Waals surface area (Å²) in [5, 5.41) is 10.8. The van der Waals surface area contributed by atoms with Crippen molar-refractivity contribution in [3.63, 3.8) is 0 Å². The molecular weight excluding hydrogens is 347 g/mol. The molecule has 0 radical (unpaired) electrons. The Morgan fingerprint density at radius 2 is 1.92 bits per heavy atom. The summed E-state index contributed by atoms with van der Waals surface area (Å²) in [4.78, 5) is 22.1. The number of nitrogens with two attached hydrogens (primary N) is 1. The van der Waals surface area contributed by atoms with E-state index in [4.69, 9.17) is 10.2 Å². The minimum atomic E-state index is -2.38. The number of nitro benzene ring substituents is 1. The molecule has 0 amide bonds. The molecule has 2 N–H and O–H groups in total. The van der Waals surface area contributed by atoms with E-state index in [0.29, 0.717) is 0 Å². The van der Waals surface area contributed by atoms with Gasteiger partial charge in [0.1, 0.15) is 6.04 Å². The average molecular weight is 372 g/mol. The first-order chi connectivity index (χ1) is 11.3. The second-order valence-electron chi connectivity index (χ2n) is 7.32. The summed E-state index contributed by atoms with van der Waals surface area (Å²) in [6, 6.07) is 2.17. The maximum absolute atomic E-state index is 13.6. The van der Waals surface area contributed by atoms with E-state index in [0.717, 1.165) is 12.1 Å². The van der Waals surface area contributed by atoms with Gasteiger partial charge in [0.2, 0.25) is 5.82 Å². The summed E-state index contributed by atoms with van der Waals surface area (Å²) in [6.07, 6.45) is -0.979. The van der Waals surface area contributed by atoms with Crippen LogP contribution < -0.4 is 5.73 Å². The molecule has 0 aliphatic carbocycles. The monoisotopic (exact) mass is 372 g/mol. The first kappa shape index (κ1) is 21.2. The summed E-state index contributed by atoms with van der Waals surface area (Å²) in [6.45, 7) is 9.94. The molecule has 0 heterocycles. The van der Waals surface area contributed by atoms with E-state index < -0.39 is 42.9 Å². The smallest absolute Gasteiger partial charge is 0.325 e. The van der Waals surface area contributed by atoms with Gasteiger partial charge in [0.25, 0.3) is 0 Å². The van der Waals surface area contributed by atoms with Crippen LogP contribution in [0.25, 0.3) is 0 Å². The molecule has 2 atom stereocenters. The quantitative estimate of drug-likeness (QED) is 0.355. The Kier molecular flexibility index (Phi) is 6.43. The van der Waals surface area contributed by atoms with Crippen molar-refractivity contribution in [2.24, 2.45) is 5.73 Å². The SMILES string of the molecule is COC(=O)[C@@H](N)[C@@H](O[Si](C)(C)C(C)(C)C)c1ccc(F)c([N+](=O)[O-])c1. The van der Waals surface area contributed by atoms with Crippen LogP contribution >= 0.6 is 0 Å². The van der Waals surface area contributed by atoms with E-state index in [1.165, 1.54) is 13.2 Å². The van der Waals surface area contributed by atoms with E-state index in [1.807, 2.05) is 33.9 Å². The van der Waals surface area contributed by atoms with Gasteiger partial charge in [-0.1, -0.05) is 26.8 Å². The first-order valence-electron chi connectivity index (χ1n) is 7.77. The van der Waals surface area contributed by atoms with Gasteiger partial charge in [-0.3, -0.25) is 14.9 Å². The molecule has 1 aromatic rings. The van der Waals surface area contributed by atoms with E-state index in [-0.39, 0.29) is 10.6 Å². The minimum absolute atomic E-state index is 0.187. The number of rotatable bonds is 6. The van der Waals surface area contributed by atoms with Crippen LogP contribution in [-0.4, -0.2) is 32.4 Å². The predicted octanol–water partition coefficient (Wildman–Crippen LogP) is 3.30. The Bertz CT molecular complexity index is 660. The highest BCUT2D eigenvalue weighted by Gasteiger charge is 2.42. The fraction of sp³-hybridized carbons (Fsp3) is 0.562. The highest BCUT2D eigenvalue weighted by molar-refractivity contribution is 6.74. The first-order valence-corrected chi connectivity index (χ1v) is 10.7. The number of ether oxygens (including phenoxy) is 1. The normalized spacial score (nSPS) is 14.7. The summed E-state index contributed by atoms with van der Waals surface area (Å²) in [5.41, 5.74) is 5.54. The van der Waals surface area contributed by atoms with Gasteiger partial charge in [-0.15, -0.1) is 0 Å². The van der Waals surface area contributed by atoms with Crippen molar-refractivity contribution in [1.29, 1.82) is 0 Å². The second kappa shape index (κ2) is 7.59. The van der Waals surface area contributed by atoms with Crippen molar-refractivity contribution in [2.75, 3.05) is 7.11 Å². The fourth-order valence-electron chi connectivity index (χ4n) is 1.95. The van der Waals surface area contributed by atoms with Gasteiger partial charge in [-0.2, -0.15) is 4.39 Å². The standard InChI is InChI=1S/C16H25FN2O5Si/c1-16(2,3)25(5,6)24-14(13(18)15(20)23-4)10-7-8-11(17)12(9-10)19(21)22/h7-9,13-14H,18H2,1-6H3/t13-,14-/m0/s1. The largest absolute Gasteiger partial charge is 0.468 e. The predicted molar refractivity (Wildman–Crippen MR) is 94.1 cm³/mol. The maximum atomic E-state index is 13.6. The fourth-order valence-corrected chi connectivity index (χ4v) is 3.22. The van der Waals surface area contributed by atoms with Crippen LogP contribution in [0.3, 0.4) is 0 Å². The Balaban J connectivity index is 3.40. The topological polar surface area (TPSA) is 105 Å². The zero-order chi connectivity index (χ0) is 19.6. The summed E-state index contributed by atoms with van der Waals surface area (Å²) >= 11 is 0. The number of halogens is 1. The van der Waals surface area contributed by atoms with Crippen LogP contribution in [0.4, 0.5) is 10.1 Å². The molecule has 7 nitrogen and oxygen atoms in total. The van der Waals surface area contributed by atoms with Gasteiger partial charge in [0.15, 0.2) is 8.32 Å². The number of hydrogen-bond acceptors (Lipinski definition) is 6. The van der Waals surface area contributed by atoms with Crippen molar-refractivity contribution in [2.45, 2.75) is 51.0 Å². The highest BCUT2D eigenvalue weighted by atomic mass is 28.4. The molecular formula is C16H25FN2O5Si. The number of carbonyl (C=O) groups is 1. The minimum Gasteiger partial charge on any atom is -0.468 e. The van der Waals surface area contributed by atoms with Crippen LogP contribution in [0, 0.1) is 15.9 Å². The number of nitrogens with zero attached hydrogens (tertiary/aromatic N) is 1. The van der Waals surface area contributed by atoms with Crippen LogP contribution in [0.1, 0.15) is 32.4 Å². The molecule has 1 aromatic carbocycles. The lowest BCUT2D eigenvalue weighted by atomic mass is 10.0. The van der Waals surface area contributed by atoms with Crippen LogP contribution in [-0.2, 0) is 14.0 Å². The summed E-state index contributed by atoms with van der Waals surface area (Å²) in [5.74, 6) is -1.68. The van der Waals surface area contributed by atoms with Crippen LogP contribution in [0.2, 0.25) is 18.1 Å². The molecule has 0 aliphatic heterocycles. The van der Waals surface area contributed by atoms with Crippen molar-refractivity contribution < 1.29 is 23.3 Å². The van der Waals surface area contributed by atoms with Crippen LogP contribution in [0.5, 0.6) is 0 Å². The van der Waals surface area contributed by atoms with Crippen LogP contribution in [0.15, 0.2) is 18.2 Å². The maximum Gasteiger partial charge on any atom is 0.325 e. The zero-order valence-electron chi connectivity index (χ0n) is 15.3. The van der Waals surface area contributed by atoms with Crippen molar-refractivity contribution in [3.8, 4) is 0 Å². The number of esters is 1. The molecule has 0 aliphatic rings. The second-order valence-corrected chi connectivity index (χ2v) is 12.1. The Morgan fingerprint density at radius 1 is 1.36 bits per heavy atom. The third-order valence-electron chi connectivity index (χ3n) is 4.52. The molecule has 0 spiro atoms. The molecule has 0 saturated carbocycles. The molecule has 0 saturated heterocycles. The van der Waals surface area contributed by atoms with Gasteiger partial charge >= 0.3 is 11.7 Å². The van der Waals surface area contributed by atoms with E-state index >= 15 is 0 Å². The molecule has 0 aromatic heterocycles. The van der Waals surface area contributed by atoms with Crippen molar-refractivity contribution in [3.05, 3.63) is 39.7 Å². The molecule has 0 fully saturated rings. The van der Waals surface area contributed by atoms with Gasteiger partial charge in [-0.25, -0.2) is 0 Å². The zero-order valence-corrected chi connectivity index (χ0v) is 16.3. The van der Waals surface area contributed by atoms with Gasteiger partial charge < -0.3 is 14.9 Å². The Labute approximate surface area is 147 Å². The third-order valence-corrected chi connectivity index (χ3v) is 8.98. The highest BCUT2D eigenvalue weighted by Crippen LogP contribution is 2.41. The van der Waals surface area contributed by atoms with E-state index in [2.05, 4.69) is 4.74 Å². The van der Waals surface area contributed by atoms with Gasteiger partial charge in [0, 0.05) is 6.07 Å². The van der Waals surface area contributed by atoms with Crippen molar-refractivity contribution in [1.82, 2.24) is 0 Å². The number of methoxy groups -OCH3 is 1. The van der Waals surface area contributed by atoms with Crippen molar-refractivity contribution >= 4 is 20.0 Å². The number of carbonyl (C=O) groups excluding carboxylic acids is 1. The number of benzene rings is 1. The van der Waals surface area contributed by atoms with E-state index in [1.54, 1.807) is 0 Å². The Morgan fingerprint density at radius 3 is 2.36 bits per heavy atom. The summed E-state index contributed by atoms with van der Waals surface area (Å²) in [7, 11) is -1.19. The lowest BCUT2D eigenvalue weighted by Crippen LogP contribution is -2.48. The summed E-state index contributed by atoms with van der Waals surface area (Å²) < 4.78 is 24.5. The number of hydrogen-bond donors (Lipinski definition) is 1. The molecule has 140 valence electrons. The average Bonchev–Trinajstić information content (AvgIpc) is 2.50. The van der Waals surface area contributed by atoms with E-state index in [9.17, 15) is 19.3 Å².